The van der Waals surface area contributed by atoms with Crippen molar-refractivity contribution in [3.05, 3.63) is 24.5 Å². The molecule has 0 spiro atoms. The van der Waals surface area contributed by atoms with Crippen molar-refractivity contribution < 1.29 is 14.7 Å². The Bertz CT molecular complexity index is 1130. The molecule has 2 amide bonds. The first-order chi connectivity index (χ1) is 15.5. The second kappa shape index (κ2) is 9.12. The fraction of sp³-hybridized carbons (Fsp3) is 0.450. The van der Waals surface area contributed by atoms with Gasteiger partial charge >= 0.3 is 12.0 Å². The summed E-state index contributed by atoms with van der Waals surface area (Å²) in [5.74, 6) is 1.07. The quantitative estimate of drug-likeness (QED) is 0.494. The smallest absolute Gasteiger partial charge is 0.317 e. The number of carboxylic acid groups (broad SMARTS) is 1. The number of hydrogen-bond acceptors (Lipinski definition) is 8. The van der Waals surface area contributed by atoms with Crippen molar-refractivity contribution in [2.45, 2.75) is 39.3 Å². The van der Waals surface area contributed by atoms with Gasteiger partial charge < -0.3 is 25.2 Å². The molecule has 0 unspecified atom stereocenters. The van der Waals surface area contributed by atoms with Crippen molar-refractivity contribution in [1.29, 1.82) is 0 Å². The number of carbonyl (C=O) groups excluding carboxylic acids is 1. The van der Waals surface area contributed by atoms with Crippen molar-refractivity contribution in [3.8, 4) is 11.4 Å². The van der Waals surface area contributed by atoms with Crippen molar-refractivity contribution >= 4 is 29.0 Å². The predicted octanol–water partition coefficient (Wildman–Crippen LogP) is 1.28. The number of hydrogen-bond donors (Lipinski definition) is 3. The van der Waals surface area contributed by atoms with E-state index in [0.717, 1.165) is 17.8 Å². The number of urea groups is 1. The fourth-order valence-electron chi connectivity index (χ4n) is 3.71. The summed E-state index contributed by atoms with van der Waals surface area (Å²) in [6.07, 6.45) is 5.63. The highest BCUT2D eigenvalue weighted by Gasteiger charge is 2.27. The summed E-state index contributed by atoms with van der Waals surface area (Å²) < 4.78 is 1.99. The molecule has 32 heavy (non-hydrogen) atoms. The van der Waals surface area contributed by atoms with Crippen LogP contribution in [0.25, 0.3) is 22.6 Å². The molecule has 0 aromatic carbocycles. The lowest BCUT2D eigenvalue weighted by Crippen LogP contribution is -2.40. The van der Waals surface area contributed by atoms with E-state index in [1.165, 1.54) is 6.33 Å². The Hall–Kier alpha value is -3.83. The lowest BCUT2D eigenvalue weighted by atomic mass is 10.2. The van der Waals surface area contributed by atoms with Crippen LogP contribution in [0.2, 0.25) is 0 Å². The number of aromatic nitrogens is 6. The Labute approximate surface area is 184 Å². The van der Waals surface area contributed by atoms with Gasteiger partial charge in [-0.3, -0.25) is 4.79 Å². The van der Waals surface area contributed by atoms with Gasteiger partial charge in [-0.05, 0) is 20.3 Å². The molecule has 1 aliphatic heterocycles. The molecule has 3 aromatic rings. The van der Waals surface area contributed by atoms with E-state index in [9.17, 15) is 9.59 Å². The van der Waals surface area contributed by atoms with Gasteiger partial charge in [0.2, 0.25) is 0 Å². The summed E-state index contributed by atoms with van der Waals surface area (Å²) in [5, 5.41) is 14.7. The van der Waals surface area contributed by atoms with Crippen LogP contribution in [-0.2, 0) is 11.3 Å². The maximum absolute atomic E-state index is 12.2. The van der Waals surface area contributed by atoms with Crippen molar-refractivity contribution in [1.82, 2.24) is 39.7 Å². The topological polar surface area (TPSA) is 151 Å². The van der Waals surface area contributed by atoms with Gasteiger partial charge in [0.15, 0.2) is 17.0 Å². The minimum Gasteiger partial charge on any atom is -0.481 e. The van der Waals surface area contributed by atoms with E-state index in [0.29, 0.717) is 42.4 Å². The van der Waals surface area contributed by atoms with Crippen molar-refractivity contribution in [3.63, 3.8) is 0 Å². The number of carboxylic acids is 1. The van der Waals surface area contributed by atoms with Crippen LogP contribution < -0.4 is 10.6 Å². The largest absolute Gasteiger partial charge is 0.481 e. The molecule has 0 saturated carbocycles. The second-order valence-electron chi connectivity index (χ2n) is 7.54. The fourth-order valence-corrected chi connectivity index (χ4v) is 3.71. The van der Waals surface area contributed by atoms with Gasteiger partial charge in [-0.1, -0.05) is 0 Å². The van der Waals surface area contributed by atoms with Gasteiger partial charge in [0.1, 0.15) is 18.0 Å². The Morgan fingerprint density at radius 1 is 1.22 bits per heavy atom. The van der Waals surface area contributed by atoms with Gasteiger partial charge in [-0.25, -0.2) is 29.7 Å². The van der Waals surface area contributed by atoms with Gasteiger partial charge in [0.25, 0.3) is 0 Å². The molecule has 4 heterocycles. The standard InChI is InChI=1S/C20H25N9O3/c1-3-29-18(13-8-22-12(2)23-9-13)27-16-17(24-11-25-19(16)29)26-14-5-7-28(10-14)20(32)21-6-4-15(30)31/h8-9,11,14H,3-7,10H2,1-2H3,(H,21,32)(H,30,31)(H,24,25,26)/t14-/m0/s1. The summed E-state index contributed by atoms with van der Waals surface area (Å²) in [6, 6.07) is -0.267. The van der Waals surface area contributed by atoms with Gasteiger partial charge in [-0.2, -0.15) is 0 Å². The Kier molecular flexibility index (Phi) is 6.10. The lowest BCUT2D eigenvalue weighted by molar-refractivity contribution is -0.136. The Morgan fingerprint density at radius 3 is 2.72 bits per heavy atom. The van der Waals surface area contributed by atoms with Gasteiger partial charge in [0, 0.05) is 44.6 Å². The number of carbonyl (C=O) groups is 2. The van der Waals surface area contributed by atoms with E-state index < -0.39 is 5.97 Å². The molecule has 1 atom stereocenters. The Morgan fingerprint density at radius 2 is 2.00 bits per heavy atom. The zero-order valence-electron chi connectivity index (χ0n) is 17.9. The first kappa shape index (κ1) is 21.4. The third-order valence-electron chi connectivity index (χ3n) is 5.32. The molecule has 0 aliphatic carbocycles. The zero-order chi connectivity index (χ0) is 22.7. The molecule has 4 rings (SSSR count). The number of nitrogens with zero attached hydrogens (tertiary/aromatic N) is 7. The van der Waals surface area contributed by atoms with Crippen LogP contribution in [0.5, 0.6) is 0 Å². The number of imidazole rings is 1. The predicted molar refractivity (Wildman–Crippen MR) is 116 cm³/mol. The lowest BCUT2D eigenvalue weighted by Gasteiger charge is -2.18. The highest BCUT2D eigenvalue weighted by molar-refractivity contribution is 5.86. The van der Waals surface area contributed by atoms with Crippen LogP contribution in [-0.4, -0.2) is 77.2 Å². The molecule has 0 bridgehead atoms. The van der Waals surface area contributed by atoms with Crippen molar-refractivity contribution in [2.75, 3.05) is 25.0 Å². The van der Waals surface area contributed by atoms with E-state index in [1.807, 2.05) is 18.4 Å². The maximum atomic E-state index is 12.2. The minimum atomic E-state index is -0.942. The summed E-state index contributed by atoms with van der Waals surface area (Å²) >= 11 is 0. The average molecular weight is 439 g/mol. The average Bonchev–Trinajstić information content (AvgIpc) is 3.39. The first-order valence-electron chi connectivity index (χ1n) is 10.5. The third-order valence-corrected chi connectivity index (χ3v) is 5.32. The van der Waals surface area contributed by atoms with E-state index in [2.05, 4.69) is 30.6 Å². The number of amides is 2. The van der Waals surface area contributed by atoms with E-state index in [1.54, 1.807) is 17.3 Å². The number of anilines is 1. The van der Waals surface area contributed by atoms with E-state index in [-0.39, 0.29) is 25.0 Å². The van der Waals surface area contributed by atoms with Crippen LogP contribution >= 0.6 is 0 Å². The van der Waals surface area contributed by atoms with Crippen LogP contribution in [0.4, 0.5) is 10.6 Å². The molecule has 1 saturated heterocycles. The van der Waals surface area contributed by atoms with Gasteiger partial charge in [-0.15, -0.1) is 0 Å². The van der Waals surface area contributed by atoms with Crippen LogP contribution in [0, 0.1) is 6.92 Å². The van der Waals surface area contributed by atoms with E-state index >= 15 is 0 Å². The second-order valence-corrected chi connectivity index (χ2v) is 7.54. The number of aliphatic carboxylic acids is 1. The highest BCUT2D eigenvalue weighted by atomic mass is 16.4. The molecule has 3 N–H and O–H groups in total. The zero-order valence-corrected chi connectivity index (χ0v) is 17.9. The molecule has 1 aliphatic rings. The molecular formula is C20H25N9O3. The number of aryl methyl sites for hydroxylation is 2. The third kappa shape index (κ3) is 4.43. The molecule has 1 fully saturated rings. The van der Waals surface area contributed by atoms with Crippen LogP contribution in [0.1, 0.15) is 25.6 Å². The Balaban J connectivity index is 1.51. The van der Waals surface area contributed by atoms with Gasteiger partial charge in [0.05, 0.1) is 12.0 Å². The number of rotatable bonds is 7. The summed E-state index contributed by atoms with van der Waals surface area (Å²) in [5.41, 5.74) is 2.16. The normalized spacial score (nSPS) is 15.8. The summed E-state index contributed by atoms with van der Waals surface area (Å²) in [6.45, 7) is 5.68. The molecule has 3 aromatic heterocycles. The van der Waals surface area contributed by atoms with Crippen LogP contribution in [0.3, 0.4) is 0 Å². The summed E-state index contributed by atoms with van der Waals surface area (Å²) in [7, 11) is 0. The van der Waals surface area contributed by atoms with Crippen molar-refractivity contribution in [2.24, 2.45) is 0 Å². The first-order valence-corrected chi connectivity index (χ1v) is 10.5. The molecule has 168 valence electrons. The SMILES string of the molecule is CCn1c(-c2cnc(C)nc2)nc2c(N[C@H]3CCN(C(=O)NCCC(=O)O)C3)ncnc21. The number of nitrogens with one attached hydrogen (secondary N) is 2. The molecule has 12 nitrogen and oxygen atoms in total. The minimum absolute atomic E-state index is 0.00346. The molecule has 12 heteroatoms. The van der Waals surface area contributed by atoms with Crippen LogP contribution in [0.15, 0.2) is 18.7 Å². The van der Waals surface area contributed by atoms with E-state index in [4.69, 9.17) is 10.1 Å². The highest BCUT2D eigenvalue weighted by Crippen LogP contribution is 2.27. The maximum Gasteiger partial charge on any atom is 0.317 e. The molecular weight excluding hydrogens is 414 g/mol. The monoisotopic (exact) mass is 439 g/mol. The molecule has 0 radical (unpaired) electrons. The number of fused-ring (bicyclic) bond motifs is 1. The summed E-state index contributed by atoms with van der Waals surface area (Å²) in [4.78, 5) is 46.7. The number of likely N-dealkylation sites (tertiary alicyclic amines) is 1.